The molecule has 0 radical (unpaired) electrons. The molecule has 1 aromatic heterocycles. The van der Waals surface area contributed by atoms with Crippen LogP contribution in [0.3, 0.4) is 0 Å². The highest BCUT2D eigenvalue weighted by molar-refractivity contribution is 5.06. The molecular weight excluding hydrogens is 228 g/mol. The van der Waals surface area contributed by atoms with E-state index < -0.39 is 5.54 Å². The molecule has 6 nitrogen and oxygen atoms in total. The molecule has 1 N–H and O–H groups in total. The number of aromatic nitrogens is 3. The largest absolute Gasteiger partial charge is 0.315 e. The van der Waals surface area contributed by atoms with Gasteiger partial charge in [-0.15, -0.1) is 10.2 Å². The van der Waals surface area contributed by atoms with Crippen molar-refractivity contribution in [1.82, 2.24) is 25.0 Å². The number of fused-ring (bicyclic) bond motifs is 1. The summed E-state index contributed by atoms with van der Waals surface area (Å²) in [5.41, 5.74) is -0.488. The average molecular weight is 248 g/mol. The first-order chi connectivity index (χ1) is 8.67. The van der Waals surface area contributed by atoms with Crippen molar-refractivity contribution in [3.63, 3.8) is 0 Å². The summed E-state index contributed by atoms with van der Waals surface area (Å²) in [4.78, 5) is 2.26. The Hall–Kier alpha value is -1.45. The molecule has 0 saturated carbocycles. The standard InChI is InChI=1S/C12H20N6/c1-3-4-14-12(2,8-13)9-17-5-6-18-10-15-16-11(18)7-17/h10,14H,3-7,9H2,1-2H3. The molecule has 0 fully saturated rings. The van der Waals surface area contributed by atoms with Crippen molar-refractivity contribution in [3.05, 3.63) is 12.2 Å². The van der Waals surface area contributed by atoms with Crippen LogP contribution >= 0.6 is 0 Å². The molecule has 18 heavy (non-hydrogen) atoms. The van der Waals surface area contributed by atoms with E-state index in [1.54, 1.807) is 6.33 Å². The van der Waals surface area contributed by atoms with Crippen LogP contribution in [0, 0.1) is 11.3 Å². The van der Waals surface area contributed by atoms with E-state index >= 15 is 0 Å². The van der Waals surface area contributed by atoms with E-state index in [1.807, 2.05) is 6.92 Å². The fraction of sp³-hybridized carbons (Fsp3) is 0.750. The van der Waals surface area contributed by atoms with Crippen molar-refractivity contribution in [2.75, 3.05) is 19.6 Å². The third-order valence-electron chi connectivity index (χ3n) is 3.27. The van der Waals surface area contributed by atoms with Gasteiger partial charge in [0.05, 0.1) is 12.6 Å². The number of hydrogen-bond acceptors (Lipinski definition) is 5. The fourth-order valence-corrected chi connectivity index (χ4v) is 2.23. The van der Waals surface area contributed by atoms with Crippen LogP contribution < -0.4 is 5.32 Å². The lowest BCUT2D eigenvalue weighted by atomic mass is 10.0. The highest BCUT2D eigenvalue weighted by Crippen LogP contribution is 2.13. The monoisotopic (exact) mass is 248 g/mol. The van der Waals surface area contributed by atoms with Crippen molar-refractivity contribution in [3.8, 4) is 6.07 Å². The highest BCUT2D eigenvalue weighted by atomic mass is 15.3. The highest BCUT2D eigenvalue weighted by Gasteiger charge is 2.28. The first-order valence-corrected chi connectivity index (χ1v) is 6.42. The summed E-state index contributed by atoms with van der Waals surface area (Å²) < 4.78 is 2.07. The average Bonchev–Trinajstić information content (AvgIpc) is 2.84. The van der Waals surface area contributed by atoms with Gasteiger partial charge < -0.3 is 4.57 Å². The second-order valence-electron chi connectivity index (χ2n) is 5.02. The number of nitrogens with one attached hydrogen (secondary N) is 1. The molecule has 1 aromatic rings. The third kappa shape index (κ3) is 2.86. The molecule has 1 aliphatic heterocycles. The maximum Gasteiger partial charge on any atom is 0.147 e. The van der Waals surface area contributed by atoms with E-state index in [2.05, 4.69) is 38.0 Å². The Labute approximate surface area is 108 Å². The Morgan fingerprint density at radius 3 is 3.11 bits per heavy atom. The van der Waals surface area contributed by atoms with Crippen LogP contribution in [-0.4, -0.2) is 44.8 Å². The van der Waals surface area contributed by atoms with Crippen LogP contribution in [0.15, 0.2) is 6.33 Å². The molecule has 2 rings (SSSR count). The van der Waals surface area contributed by atoms with Gasteiger partial charge in [-0.05, 0) is 19.9 Å². The van der Waals surface area contributed by atoms with Crippen LogP contribution in [0.1, 0.15) is 26.1 Å². The molecule has 0 aliphatic carbocycles. The SMILES string of the molecule is CCCNC(C)(C#N)CN1CCn2cnnc2C1. The first-order valence-electron chi connectivity index (χ1n) is 6.42. The smallest absolute Gasteiger partial charge is 0.147 e. The summed E-state index contributed by atoms with van der Waals surface area (Å²) >= 11 is 0. The summed E-state index contributed by atoms with van der Waals surface area (Å²) in [5.74, 6) is 0.983. The van der Waals surface area contributed by atoms with Gasteiger partial charge in [-0.3, -0.25) is 10.2 Å². The summed E-state index contributed by atoms with van der Waals surface area (Å²) in [6.07, 6.45) is 2.80. The summed E-state index contributed by atoms with van der Waals surface area (Å²) in [5, 5.41) is 20.6. The fourth-order valence-electron chi connectivity index (χ4n) is 2.23. The van der Waals surface area contributed by atoms with Crippen molar-refractivity contribution in [2.24, 2.45) is 0 Å². The van der Waals surface area contributed by atoms with Crippen LogP contribution in [0.2, 0.25) is 0 Å². The zero-order valence-electron chi connectivity index (χ0n) is 11.1. The predicted molar refractivity (Wildman–Crippen MR) is 67.6 cm³/mol. The maximum atomic E-state index is 9.33. The number of hydrogen-bond donors (Lipinski definition) is 1. The van der Waals surface area contributed by atoms with E-state index in [0.29, 0.717) is 0 Å². The normalized spacial score (nSPS) is 18.9. The molecule has 0 aromatic carbocycles. The second kappa shape index (κ2) is 5.46. The molecule has 98 valence electrons. The Morgan fingerprint density at radius 1 is 1.56 bits per heavy atom. The topological polar surface area (TPSA) is 69.8 Å². The third-order valence-corrected chi connectivity index (χ3v) is 3.27. The lowest BCUT2D eigenvalue weighted by molar-refractivity contribution is 0.178. The molecule has 0 spiro atoms. The molecule has 1 aliphatic rings. The lowest BCUT2D eigenvalue weighted by Crippen LogP contribution is -2.52. The molecule has 1 atom stereocenters. The predicted octanol–water partition coefficient (Wildman–Crippen LogP) is 0.376. The van der Waals surface area contributed by atoms with Gasteiger partial charge >= 0.3 is 0 Å². The molecule has 2 heterocycles. The van der Waals surface area contributed by atoms with E-state index in [-0.39, 0.29) is 0 Å². The maximum absolute atomic E-state index is 9.33. The summed E-state index contributed by atoms with van der Waals surface area (Å²) in [6.45, 7) is 8.26. The first kappa shape index (κ1) is 13.0. The van der Waals surface area contributed by atoms with Crippen molar-refractivity contribution in [2.45, 2.75) is 38.9 Å². The Kier molecular flexibility index (Phi) is 3.94. The zero-order valence-corrected chi connectivity index (χ0v) is 11.1. The van der Waals surface area contributed by atoms with Gasteiger partial charge in [0.15, 0.2) is 0 Å². The van der Waals surface area contributed by atoms with Gasteiger partial charge in [0.25, 0.3) is 0 Å². The molecule has 1 unspecified atom stereocenters. The van der Waals surface area contributed by atoms with Crippen molar-refractivity contribution >= 4 is 0 Å². The molecule has 0 saturated heterocycles. The van der Waals surface area contributed by atoms with Crippen molar-refractivity contribution in [1.29, 1.82) is 5.26 Å². The van der Waals surface area contributed by atoms with Gasteiger partial charge in [0.1, 0.15) is 17.7 Å². The van der Waals surface area contributed by atoms with Gasteiger partial charge in [-0.25, -0.2) is 0 Å². The van der Waals surface area contributed by atoms with Gasteiger partial charge in [-0.2, -0.15) is 5.26 Å². The van der Waals surface area contributed by atoms with Gasteiger partial charge in [-0.1, -0.05) is 6.92 Å². The number of nitriles is 1. The van der Waals surface area contributed by atoms with E-state index in [9.17, 15) is 5.26 Å². The zero-order chi connectivity index (χ0) is 13.0. The van der Waals surface area contributed by atoms with Crippen LogP contribution in [0.25, 0.3) is 0 Å². The molecular formula is C12H20N6. The van der Waals surface area contributed by atoms with Crippen LogP contribution in [0.5, 0.6) is 0 Å². The molecule has 0 bridgehead atoms. The second-order valence-corrected chi connectivity index (χ2v) is 5.02. The minimum atomic E-state index is -0.488. The molecule has 0 amide bonds. The van der Waals surface area contributed by atoms with E-state index in [1.165, 1.54) is 0 Å². The number of nitrogens with zero attached hydrogens (tertiary/aromatic N) is 5. The number of rotatable bonds is 5. The van der Waals surface area contributed by atoms with Crippen LogP contribution in [-0.2, 0) is 13.1 Å². The van der Waals surface area contributed by atoms with Gasteiger partial charge in [0.2, 0.25) is 0 Å². The quantitative estimate of drug-likeness (QED) is 0.815. The van der Waals surface area contributed by atoms with E-state index in [4.69, 9.17) is 0 Å². The minimum absolute atomic E-state index is 0.488. The van der Waals surface area contributed by atoms with E-state index in [0.717, 1.165) is 45.0 Å². The van der Waals surface area contributed by atoms with Crippen molar-refractivity contribution < 1.29 is 0 Å². The summed E-state index contributed by atoms with van der Waals surface area (Å²) in [7, 11) is 0. The Balaban J connectivity index is 1.96. The Morgan fingerprint density at radius 2 is 2.39 bits per heavy atom. The van der Waals surface area contributed by atoms with Crippen LogP contribution in [0.4, 0.5) is 0 Å². The molecule has 6 heteroatoms. The minimum Gasteiger partial charge on any atom is -0.315 e. The Bertz CT molecular complexity index is 434. The van der Waals surface area contributed by atoms with Gasteiger partial charge in [0, 0.05) is 19.6 Å². The summed E-state index contributed by atoms with van der Waals surface area (Å²) in [6, 6.07) is 2.38. The lowest BCUT2D eigenvalue weighted by Gasteiger charge is -2.33.